The van der Waals surface area contributed by atoms with Crippen LogP contribution in [0.25, 0.3) is 0 Å². The molecule has 1 fully saturated rings. The topological polar surface area (TPSA) is 126 Å². The number of rotatable bonds is 4. The molecule has 122 valence electrons. The first-order valence-corrected chi connectivity index (χ1v) is 8.96. The number of carbonyl (C=O) groups is 1. The van der Waals surface area contributed by atoms with Crippen molar-refractivity contribution in [1.29, 1.82) is 0 Å². The SMILES string of the molecule is Nc1ncc(Br)cc1S(=O)(=O)NCC1CCCN(C(=O)O)C1. The minimum absolute atomic E-state index is 0.0547. The van der Waals surface area contributed by atoms with Crippen LogP contribution in [0.2, 0.25) is 0 Å². The number of hydrogen-bond acceptors (Lipinski definition) is 5. The Bertz CT molecular complexity index is 667. The number of hydrogen-bond donors (Lipinski definition) is 3. The number of pyridine rings is 1. The number of halogens is 1. The van der Waals surface area contributed by atoms with Gasteiger partial charge in [-0.3, -0.25) is 0 Å². The monoisotopic (exact) mass is 392 g/mol. The summed E-state index contributed by atoms with van der Waals surface area (Å²) in [7, 11) is -3.78. The summed E-state index contributed by atoms with van der Waals surface area (Å²) in [5, 5.41) is 8.99. The normalized spacial score (nSPS) is 19.1. The zero-order valence-electron chi connectivity index (χ0n) is 11.7. The molecule has 1 atom stereocenters. The standard InChI is InChI=1S/C12H17BrN4O4S/c13-9-4-10(11(14)15-6-9)22(20,21)16-5-8-2-1-3-17(7-8)12(18)19/h4,6,8,16H,1-3,5,7H2,(H2,14,15)(H,18,19). The summed E-state index contributed by atoms with van der Waals surface area (Å²) in [5.74, 6) is -0.132. The van der Waals surface area contributed by atoms with Gasteiger partial charge in [0.25, 0.3) is 0 Å². The second-order valence-corrected chi connectivity index (χ2v) is 7.78. The molecule has 22 heavy (non-hydrogen) atoms. The quantitative estimate of drug-likeness (QED) is 0.703. The number of piperidine rings is 1. The van der Waals surface area contributed by atoms with Gasteiger partial charge >= 0.3 is 6.09 Å². The molecule has 1 aliphatic rings. The van der Waals surface area contributed by atoms with Crippen LogP contribution >= 0.6 is 15.9 Å². The van der Waals surface area contributed by atoms with E-state index >= 15 is 0 Å². The van der Waals surface area contributed by atoms with E-state index in [-0.39, 0.29) is 23.2 Å². The minimum Gasteiger partial charge on any atom is -0.465 e. The summed E-state index contributed by atoms with van der Waals surface area (Å²) in [6.07, 6.45) is 1.94. The lowest BCUT2D eigenvalue weighted by atomic mass is 9.99. The molecule has 10 heteroatoms. The van der Waals surface area contributed by atoms with E-state index in [4.69, 9.17) is 10.8 Å². The lowest BCUT2D eigenvalue weighted by Gasteiger charge is -2.30. The molecule has 0 bridgehead atoms. The molecule has 0 saturated carbocycles. The Kier molecular flexibility index (Phi) is 5.24. The summed E-state index contributed by atoms with van der Waals surface area (Å²) < 4.78 is 27.6. The summed E-state index contributed by atoms with van der Waals surface area (Å²) in [6, 6.07) is 1.38. The third-order valence-corrected chi connectivity index (χ3v) is 5.38. The van der Waals surface area contributed by atoms with E-state index < -0.39 is 16.1 Å². The van der Waals surface area contributed by atoms with Crippen LogP contribution in [-0.2, 0) is 10.0 Å². The van der Waals surface area contributed by atoms with E-state index in [1.54, 1.807) is 0 Å². The maximum absolute atomic E-state index is 12.3. The van der Waals surface area contributed by atoms with Crippen molar-refractivity contribution in [2.24, 2.45) is 5.92 Å². The number of likely N-dealkylation sites (tertiary alicyclic amines) is 1. The number of nitrogens with one attached hydrogen (secondary N) is 1. The maximum Gasteiger partial charge on any atom is 0.407 e. The Morgan fingerprint density at radius 3 is 3.00 bits per heavy atom. The third-order valence-electron chi connectivity index (χ3n) is 3.49. The van der Waals surface area contributed by atoms with Crippen LogP contribution < -0.4 is 10.5 Å². The zero-order valence-corrected chi connectivity index (χ0v) is 14.1. The first kappa shape index (κ1) is 17.0. The average Bonchev–Trinajstić information content (AvgIpc) is 2.48. The van der Waals surface area contributed by atoms with Crippen molar-refractivity contribution in [2.75, 3.05) is 25.4 Å². The minimum atomic E-state index is -3.78. The number of aromatic nitrogens is 1. The molecule has 1 aliphatic heterocycles. The largest absolute Gasteiger partial charge is 0.465 e. The van der Waals surface area contributed by atoms with Gasteiger partial charge in [-0.2, -0.15) is 0 Å². The first-order chi connectivity index (χ1) is 10.3. The van der Waals surface area contributed by atoms with Crippen molar-refractivity contribution < 1.29 is 18.3 Å². The van der Waals surface area contributed by atoms with Crippen molar-refractivity contribution in [3.8, 4) is 0 Å². The molecule has 0 aromatic carbocycles. The van der Waals surface area contributed by atoms with E-state index in [0.29, 0.717) is 17.6 Å². The Morgan fingerprint density at radius 1 is 1.59 bits per heavy atom. The Morgan fingerprint density at radius 2 is 2.32 bits per heavy atom. The number of amides is 1. The van der Waals surface area contributed by atoms with Crippen molar-refractivity contribution in [2.45, 2.75) is 17.7 Å². The number of anilines is 1. The van der Waals surface area contributed by atoms with Crippen LogP contribution in [0.3, 0.4) is 0 Å². The predicted octanol–water partition coefficient (Wildman–Crippen LogP) is 1.09. The van der Waals surface area contributed by atoms with Crippen molar-refractivity contribution in [1.82, 2.24) is 14.6 Å². The summed E-state index contributed by atoms with van der Waals surface area (Å²) in [5.41, 5.74) is 5.61. The highest BCUT2D eigenvalue weighted by Crippen LogP contribution is 2.21. The average molecular weight is 393 g/mol. The van der Waals surface area contributed by atoms with Gasteiger partial charge in [0.1, 0.15) is 10.7 Å². The van der Waals surface area contributed by atoms with Gasteiger partial charge in [-0.1, -0.05) is 0 Å². The number of nitrogens with zero attached hydrogens (tertiary/aromatic N) is 2. The van der Waals surface area contributed by atoms with E-state index in [1.165, 1.54) is 17.2 Å². The molecule has 0 aliphatic carbocycles. The van der Waals surface area contributed by atoms with Gasteiger partial charge in [-0.25, -0.2) is 22.9 Å². The third kappa shape index (κ3) is 4.08. The molecule has 4 N–H and O–H groups in total. The van der Waals surface area contributed by atoms with Gasteiger partial charge in [-0.15, -0.1) is 0 Å². The fourth-order valence-electron chi connectivity index (χ4n) is 2.36. The summed E-state index contributed by atoms with van der Waals surface area (Å²) >= 11 is 3.16. The molecule has 1 unspecified atom stereocenters. The molecule has 1 aromatic rings. The van der Waals surface area contributed by atoms with Gasteiger partial charge in [0.15, 0.2) is 0 Å². The fourth-order valence-corrected chi connectivity index (χ4v) is 4.06. The Hall–Kier alpha value is -1.39. The Labute approximate surface area is 136 Å². The van der Waals surface area contributed by atoms with E-state index in [1.807, 2.05) is 0 Å². The van der Waals surface area contributed by atoms with Crippen LogP contribution in [0.15, 0.2) is 21.6 Å². The number of sulfonamides is 1. The van der Waals surface area contributed by atoms with Gasteiger partial charge in [-0.05, 0) is 40.8 Å². The molecule has 0 radical (unpaired) electrons. The summed E-state index contributed by atoms with van der Waals surface area (Å²) in [6.45, 7) is 0.975. The molecule has 1 saturated heterocycles. The zero-order chi connectivity index (χ0) is 16.3. The fraction of sp³-hybridized carbons (Fsp3) is 0.500. The van der Waals surface area contributed by atoms with Gasteiger partial charge in [0.2, 0.25) is 10.0 Å². The van der Waals surface area contributed by atoms with Crippen LogP contribution in [-0.4, -0.2) is 49.1 Å². The van der Waals surface area contributed by atoms with Gasteiger partial charge < -0.3 is 15.7 Å². The highest BCUT2D eigenvalue weighted by atomic mass is 79.9. The smallest absolute Gasteiger partial charge is 0.407 e. The lowest BCUT2D eigenvalue weighted by Crippen LogP contribution is -2.43. The van der Waals surface area contributed by atoms with Crippen LogP contribution in [0, 0.1) is 5.92 Å². The number of carboxylic acid groups (broad SMARTS) is 1. The number of nitrogen functional groups attached to an aromatic ring is 1. The molecular weight excluding hydrogens is 376 g/mol. The van der Waals surface area contributed by atoms with E-state index in [0.717, 1.165) is 12.8 Å². The van der Waals surface area contributed by atoms with Gasteiger partial charge in [0.05, 0.1) is 0 Å². The number of nitrogens with two attached hydrogens (primary N) is 1. The first-order valence-electron chi connectivity index (χ1n) is 6.68. The highest BCUT2D eigenvalue weighted by molar-refractivity contribution is 9.10. The van der Waals surface area contributed by atoms with Crippen LogP contribution in [0.5, 0.6) is 0 Å². The molecule has 8 nitrogen and oxygen atoms in total. The van der Waals surface area contributed by atoms with Crippen LogP contribution in [0.1, 0.15) is 12.8 Å². The van der Waals surface area contributed by atoms with Crippen molar-refractivity contribution in [3.63, 3.8) is 0 Å². The highest BCUT2D eigenvalue weighted by Gasteiger charge is 2.26. The van der Waals surface area contributed by atoms with Crippen molar-refractivity contribution >= 4 is 37.9 Å². The second-order valence-electron chi connectivity index (χ2n) is 5.13. The summed E-state index contributed by atoms with van der Waals surface area (Å²) in [4.78, 5) is 16.0. The molecule has 0 spiro atoms. The lowest BCUT2D eigenvalue weighted by molar-refractivity contribution is 0.121. The molecular formula is C12H17BrN4O4S. The molecule has 1 aromatic heterocycles. The van der Waals surface area contributed by atoms with Gasteiger partial charge in [0, 0.05) is 30.3 Å². The van der Waals surface area contributed by atoms with Crippen molar-refractivity contribution in [3.05, 3.63) is 16.7 Å². The predicted molar refractivity (Wildman–Crippen MR) is 83.9 cm³/mol. The van der Waals surface area contributed by atoms with Crippen LogP contribution in [0.4, 0.5) is 10.6 Å². The van der Waals surface area contributed by atoms with E-state index in [2.05, 4.69) is 25.6 Å². The molecule has 2 heterocycles. The molecule has 1 amide bonds. The maximum atomic E-state index is 12.3. The van der Waals surface area contributed by atoms with E-state index in [9.17, 15) is 13.2 Å². The second kappa shape index (κ2) is 6.80. The molecule has 2 rings (SSSR count). The Balaban J connectivity index is 2.03.